The number of carbonyl (C=O) groups excluding carboxylic acids is 3. The van der Waals surface area contributed by atoms with E-state index in [0.717, 1.165) is 56.9 Å². The lowest BCUT2D eigenvalue weighted by molar-refractivity contribution is -0.142. The van der Waals surface area contributed by atoms with Crippen molar-refractivity contribution >= 4 is 17.9 Å². The summed E-state index contributed by atoms with van der Waals surface area (Å²) in [4.78, 5) is 41.5. The number of carbonyl (C=O) groups is 3. The largest absolute Gasteiger partial charge is 0.444 e. The molecule has 0 heterocycles. The molecule has 0 bridgehead atoms. The second kappa shape index (κ2) is 16.3. The van der Waals surface area contributed by atoms with Crippen LogP contribution in [0.15, 0.2) is 24.3 Å². The summed E-state index contributed by atoms with van der Waals surface area (Å²) in [5.41, 5.74) is 1.26. The van der Waals surface area contributed by atoms with E-state index in [4.69, 9.17) is 4.74 Å². The van der Waals surface area contributed by atoms with Crippen molar-refractivity contribution in [1.29, 1.82) is 0 Å². The van der Waals surface area contributed by atoms with Crippen molar-refractivity contribution in [3.63, 3.8) is 0 Å². The molecule has 37 heavy (non-hydrogen) atoms. The van der Waals surface area contributed by atoms with Gasteiger partial charge in [-0.3, -0.25) is 9.59 Å². The molecule has 1 aromatic carbocycles. The smallest absolute Gasteiger partial charge is 0.408 e. The normalized spacial score (nSPS) is 13.8. The van der Waals surface area contributed by atoms with Gasteiger partial charge in [0, 0.05) is 12.6 Å². The summed E-state index contributed by atoms with van der Waals surface area (Å²) < 4.78 is 5.36. The molecule has 0 spiro atoms. The number of alkyl carbamates (subject to hydrolysis) is 1. The van der Waals surface area contributed by atoms with Crippen LogP contribution >= 0.6 is 0 Å². The Labute approximate surface area is 225 Å². The summed E-state index contributed by atoms with van der Waals surface area (Å²) >= 11 is 0. The maximum Gasteiger partial charge on any atom is 0.408 e. The average molecular weight is 518 g/mol. The van der Waals surface area contributed by atoms with E-state index in [9.17, 15) is 14.4 Å². The molecule has 0 saturated heterocycles. The van der Waals surface area contributed by atoms with E-state index in [1.165, 1.54) is 5.56 Å². The van der Waals surface area contributed by atoms with E-state index in [1.807, 2.05) is 31.2 Å². The van der Waals surface area contributed by atoms with Crippen molar-refractivity contribution in [3.8, 4) is 0 Å². The molecule has 7 heteroatoms. The van der Waals surface area contributed by atoms with E-state index in [2.05, 4.69) is 31.4 Å². The van der Waals surface area contributed by atoms with Gasteiger partial charge in [-0.1, -0.05) is 77.1 Å². The van der Waals surface area contributed by atoms with Gasteiger partial charge in [-0.05, 0) is 65.0 Å². The number of ether oxygens (including phenoxy) is 1. The topological polar surface area (TPSA) is 87.7 Å². The second-order valence-electron chi connectivity index (χ2n) is 11.0. The molecule has 0 aromatic heterocycles. The minimum Gasteiger partial charge on any atom is -0.444 e. The molecule has 0 aliphatic heterocycles. The van der Waals surface area contributed by atoms with Crippen LogP contribution in [0.5, 0.6) is 0 Å². The number of rotatable bonds is 15. The SMILES string of the molecule is CCCCCCCN(C(=O)C(C)NC(=O)OC(C)(C)C)C(C(=O)NC(C)CCC)c1ccc(CC)cc1. The maximum atomic E-state index is 13.8. The lowest BCUT2D eigenvalue weighted by Gasteiger charge is -2.34. The van der Waals surface area contributed by atoms with E-state index in [1.54, 1.807) is 32.6 Å². The van der Waals surface area contributed by atoms with Crippen molar-refractivity contribution in [1.82, 2.24) is 15.5 Å². The van der Waals surface area contributed by atoms with Crippen molar-refractivity contribution in [2.75, 3.05) is 6.54 Å². The molecule has 210 valence electrons. The van der Waals surface area contributed by atoms with Crippen molar-refractivity contribution < 1.29 is 19.1 Å². The van der Waals surface area contributed by atoms with Crippen LogP contribution in [0.4, 0.5) is 4.79 Å². The molecule has 0 fully saturated rings. The molecule has 1 aromatic rings. The molecule has 3 atom stereocenters. The van der Waals surface area contributed by atoms with Gasteiger partial charge in [0.05, 0.1) is 0 Å². The highest BCUT2D eigenvalue weighted by Crippen LogP contribution is 2.25. The molecule has 0 aliphatic rings. The number of unbranched alkanes of at least 4 members (excludes halogenated alkanes) is 4. The van der Waals surface area contributed by atoms with Crippen LogP contribution < -0.4 is 10.6 Å². The summed E-state index contributed by atoms with van der Waals surface area (Å²) in [5.74, 6) is -0.499. The fourth-order valence-electron chi connectivity index (χ4n) is 4.28. The van der Waals surface area contributed by atoms with Crippen LogP contribution in [-0.2, 0) is 20.7 Å². The summed E-state index contributed by atoms with van der Waals surface area (Å²) in [6.45, 7) is 15.7. The molecule has 7 nitrogen and oxygen atoms in total. The zero-order chi connectivity index (χ0) is 28.0. The highest BCUT2D eigenvalue weighted by molar-refractivity contribution is 5.92. The highest BCUT2D eigenvalue weighted by atomic mass is 16.6. The number of amides is 3. The molecule has 3 amide bonds. The number of nitrogens with one attached hydrogen (secondary N) is 2. The Bertz CT molecular complexity index is 832. The lowest BCUT2D eigenvalue weighted by Crippen LogP contribution is -2.52. The Morgan fingerprint density at radius 2 is 1.51 bits per heavy atom. The first-order valence-corrected chi connectivity index (χ1v) is 14.1. The third-order valence-electron chi connectivity index (χ3n) is 6.26. The zero-order valence-electron chi connectivity index (χ0n) is 24.5. The maximum absolute atomic E-state index is 13.8. The molecule has 3 unspecified atom stereocenters. The number of nitrogens with zero attached hydrogens (tertiary/aromatic N) is 1. The minimum atomic E-state index is -0.844. The van der Waals surface area contributed by atoms with Crippen LogP contribution in [0, 0.1) is 0 Å². The van der Waals surface area contributed by atoms with E-state index in [0.29, 0.717) is 6.54 Å². The number of aryl methyl sites for hydroxylation is 1. The number of hydrogen-bond donors (Lipinski definition) is 2. The van der Waals surface area contributed by atoms with Crippen LogP contribution in [0.25, 0.3) is 0 Å². The summed E-state index contributed by atoms with van der Waals surface area (Å²) in [5, 5.41) is 5.79. The highest BCUT2D eigenvalue weighted by Gasteiger charge is 2.34. The van der Waals surface area contributed by atoms with Crippen molar-refractivity contribution in [2.24, 2.45) is 0 Å². The molecule has 0 saturated carbocycles. The molecule has 1 rings (SSSR count). The van der Waals surface area contributed by atoms with Crippen molar-refractivity contribution in [3.05, 3.63) is 35.4 Å². The third kappa shape index (κ3) is 12.0. The minimum absolute atomic E-state index is 0.00580. The van der Waals surface area contributed by atoms with Crippen LogP contribution in [0.2, 0.25) is 0 Å². The summed E-state index contributed by atoms with van der Waals surface area (Å²) in [7, 11) is 0. The fraction of sp³-hybridized carbons (Fsp3) is 0.700. The van der Waals surface area contributed by atoms with Gasteiger partial charge in [0.2, 0.25) is 11.8 Å². The van der Waals surface area contributed by atoms with E-state index in [-0.39, 0.29) is 17.9 Å². The molecule has 0 aliphatic carbocycles. The molecular formula is C30H51N3O4. The monoisotopic (exact) mass is 517 g/mol. The Morgan fingerprint density at radius 3 is 2.05 bits per heavy atom. The Kier molecular flexibility index (Phi) is 14.3. The Morgan fingerprint density at radius 1 is 0.892 bits per heavy atom. The van der Waals surface area contributed by atoms with E-state index >= 15 is 0 Å². The predicted octanol–water partition coefficient (Wildman–Crippen LogP) is 6.31. The molecule has 0 radical (unpaired) electrons. The van der Waals surface area contributed by atoms with Gasteiger partial charge in [0.1, 0.15) is 17.7 Å². The number of benzene rings is 1. The third-order valence-corrected chi connectivity index (χ3v) is 6.26. The van der Waals surface area contributed by atoms with Crippen LogP contribution in [0.3, 0.4) is 0 Å². The Balaban J connectivity index is 3.31. The van der Waals surface area contributed by atoms with Gasteiger partial charge < -0.3 is 20.3 Å². The first kappa shape index (κ1) is 32.5. The zero-order valence-corrected chi connectivity index (χ0v) is 24.5. The molecule has 2 N–H and O–H groups in total. The summed E-state index contributed by atoms with van der Waals surface area (Å²) in [6, 6.07) is 6.27. The van der Waals surface area contributed by atoms with E-state index < -0.39 is 23.8 Å². The molecular weight excluding hydrogens is 466 g/mol. The van der Waals surface area contributed by atoms with Gasteiger partial charge in [-0.2, -0.15) is 0 Å². The lowest BCUT2D eigenvalue weighted by atomic mass is 9.99. The van der Waals surface area contributed by atoms with Gasteiger partial charge in [0.15, 0.2) is 0 Å². The first-order chi connectivity index (χ1) is 17.4. The number of hydrogen-bond acceptors (Lipinski definition) is 4. The fourth-order valence-corrected chi connectivity index (χ4v) is 4.28. The van der Waals surface area contributed by atoms with Gasteiger partial charge in [0.25, 0.3) is 0 Å². The Hall–Kier alpha value is -2.57. The van der Waals surface area contributed by atoms with Crippen molar-refractivity contribution in [2.45, 2.75) is 130 Å². The van der Waals surface area contributed by atoms with Crippen LogP contribution in [-0.4, -0.2) is 47.0 Å². The average Bonchev–Trinajstić information content (AvgIpc) is 2.81. The first-order valence-electron chi connectivity index (χ1n) is 14.1. The predicted molar refractivity (Wildman–Crippen MR) is 150 cm³/mol. The standard InChI is InChI=1S/C30H51N3O4/c1-9-12-13-14-15-21-33(28(35)23(5)32-29(36)37-30(6,7)8)26(27(34)31-22(4)16-10-2)25-19-17-24(11-3)18-20-25/h17-20,22-23,26H,9-16,21H2,1-8H3,(H,31,34)(H,32,36). The second-order valence-corrected chi connectivity index (χ2v) is 11.0. The van der Waals surface area contributed by atoms with Gasteiger partial charge in [-0.25, -0.2) is 4.79 Å². The van der Waals surface area contributed by atoms with Crippen LogP contribution in [0.1, 0.15) is 118 Å². The van der Waals surface area contributed by atoms with Gasteiger partial charge in [-0.15, -0.1) is 0 Å². The summed E-state index contributed by atoms with van der Waals surface area (Å²) in [6.07, 6.45) is 7.16. The van der Waals surface area contributed by atoms with Gasteiger partial charge >= 0.3 is 6.09 Å². The quantitative estimate of drug-likeness (QED) is 0.267.